The van der Waals surface area contributed by atoms with Crippen LogP contribution in [-0.4, -0.2) is 61.4 Å². The molecular weight excluding hydrogens is 250 g/mol. The lowest BCUT2D eigenvalue weighted by molar-refractivity contribution is -0.119. The summed E-state index contributed by atoms with van der Waals surface area (Å²) in [6.45, 7) is 6.72. The number of aliphatic hydroxyl groups excluding tert-OH is 1. The predicted octanol–water partition coefficient (Wildman–Crippen LogP) is 1.22. The van der Waals surface area contributed by atoms with Gasteiger partial charge in [-0.15, -0.1) is 0 Å². The van der Waals surface area contributed by atoms with E-state index in [1.807, 2.05) is 20.8 Å². The Kier molecular flexibility index (Phi) is 6.03. The van der Waals surface area contributed by atoms with Crippen molar-refractivity contribution >= 4 is 6.09 Å². The fourth-order valence-corrected chi connectivity index (χ4v) is 2.01. The van der Waals surface area contributed by atoms with Crippen molar-refractivity contribution in [1.82, 2.24) is 4.90 Å². The smallest absolute Gasteiger partial charge is 0.410 e. The van der Waals surface area contributed by atoms with Crippen LogP contribution in [-0.2, 0) is 14.2 Å². The summed E-state index contributed by atoms with van der Waals surface area (Å²) in [6.07, 6.45) is 0.144. The van der Waals surface area contributed by atoms with Crippen molar-refractivity contribution in [3.63, 3.8) is 0 Å². The lowest BCUT2D eigenvalue weighted by Crippen LogP contribution is -2.50. The van der Waals surface area contributed by atoms with Crippen LogP contribution in [0.5, 0.6) is 0 Å². The quantitative estimate of drug-likeness (QED) is 0.781. The van der Waals surface area contributed by atoms with E-state index in [0.29, 0.717) is 19.5 Å². The van der Waals surface area contributed by atoms with E-state index in [4.69, 9.17) is 14.2 Å². The van der Waals surface area contributed by atoms with Gasteiger partial charge in [0.05, 0.1) is 12.6 Å². The Morgan fingerprint density at radius 3 is 2.63 bits per heavy atom. The monoisotopic (exact) mass is 275 g/mol. The molecule has 1 fully saturated rings. The highest BCUT2D eigenvalue weighted by molar-refractivity contribution is 5.68. The van der Waals surface area contributed by atoms with E-state index < -0.39 is 5.60 Å². The topological polar surface area (TPSA) is 68.2 Å². The van der Waals surface area contributed by atoms with Crippen LogP contribution in [0.25, 0.3) is 0 Å². The summed E-state index contributed by atoms with van der Waals surface area (Å²) in [5, 5.41) is 9.32. The highest BCUT2D eigenvalue weighted by Crippen LogP contribution is 2.22. The Labute approximate surface area is 114 Å². The van der Waals surface area contributed by atoms with Gasteiger partial charge >= 0.3 is 6.09 Å². The summed E-state index contributed by atoms with van der Waals surface area (Å²) in [5.41, 5.74) is -0.506. The number of carbonyl (C=O) groups is 1. The van der Waals surface area contributed by atoms with Crippen molar-refractivity contribution in [2.75, 3.05) is 33.6 Å². The molecular formula is C13H25NO5. The molecule has 0 aromatic heterocycles. The first kappa shape index (κ1) is 16.2. The van der Waals surface area contributed by atoms with E-state index in [2.05, 4.69) is 0 Å². The first-order chi connectivity index (χ1) is 8.87. The Morgan fingerprint density at radius 2 is 2.11 bits per heavy atom. The fourth-order valence-electron chi connectivity index (χ4n) is 2.01. The van der Waals surface area contributed by atoms with Gasteiger partial charge in [0, 0.05) is 26.2 Å². The summed E-state index contributed by atoms with van der Waals surface area (Å²) >= 11 is 0. The predicted molar refractivity (Wildman–Crippen MR) is 69.7 cm³/mol. The Balaban J connectivity index is 2.56. The standard InChI is InChI=1S/C13H25NO5/c1-13(2,3)19-12(16)14-6-5-10(8-15)11(7-14)18-9-17-4/h10-11,15H,5-9H2,1-4H3. The second-order valence-corrected chi connectivity index (χ2v) is 5.77. The van der Waals surface area contributed by atoms with Crippen molar-refractivity contribution < 1.29 is 24.1 Å². The molecule has 19 heavy (non-hydrogen) atoms. The molecule has 0 aliphatic carbocycles. The average Bonchev–Trinajstić information content (AvgIpc) is 2.33. The minimum Gasteiger partial charge on any atom is -0.444 e. The van der Waals surface area contributed by atoms with Crippen molar-refractivity contribution in [2.24, 2.45) is 5.92 Å². The largest absolute Gasteiger partial charge is 0.444 e. The fraction of sp³-hybridized carbons (Fsp3) is 0.923. The maximum Gasteiger partial charge on any atom is 0.410 e. The molecule has 1 rings (SSSR count). The van der Waals surface area contributed by atoms with E-state index in [9.17, 15) is 9.90 Å². The molecule has 1 amide bonds. The molecule has 0 saturated carbocycles. The maximum atomic E-state index is 12.0. The van der Waals surface area contributed by atoms with Crippen LogP contribution in [0.15, 0.2) is 0 Å². The van der Waals surface area contributed by atoms with Gasteiger partial charge in [0.25, 0.3) is 0 Å². The first-order valence-electron chi connectivity index (χ1n) is 6.56. The summed E-state index contributed by atoms with van der Waals surface area (Å²) < 4.78 is 15.7. The zero-order valence-corrected chi connectivity index (χ0v) is 12.2. The molecule has 1 saturated heterocycles. The van der Waals surface area contributed by atoms with Crippen molar-refractivity contribution in [3.05, 3.63) is 0 Å². The third-order valence-corrected chi connectivity index (χ3v) is 2.98. The molecule has 112 valence electrons. The van der Waals surface area contributed by atoms with Crippen LogP contribution in [0.4, 0.5) is 4.79 Å². The molecule has 6 heteroatoms. The maximum absolute atomic E-state index is 12.0. The molecule has 0 aromatic rings. The molecule has 0 bridgehead atoms. The zero-order chi connectivity index (χ0) is 14.5. The number of ether oxygens (including phenoxy) is 3. The SMILES string of the molecule is COCOC1CN(C(=O)OC(C)(C)C)CCC1CO. The van der Waals surface area contributed by atoms with E-state index in [1.54, 1.807) is 12.0 Å². The van der Waals surface area contributed by atoms with Crippen molar-refractivity contribution in [2.45, 2.75) is 38.9 Å². The third kappa shape index (κ3) is 5.34. The lowest BCUT2D eigenvalue weighted by Gasteiger charge is -2.37. The van der Waals surface area contributed by atoms with Gasteiger partial charge in [-0.25, -0.2) is 4.79 Å². The lowest BCUT2D eigenvalue weighted by atomic mass is 9.95. The Bertz CT molecular complexity index is 289. The molecule has 0 radical (unpaired) electrons. The molecule has 1 aliphatic rings. The number of carbonyl (C=O) groups excluding carboxylic acids is 1. The molecule has 0 aromatic carbocycles. The molecule has 1 N–H and O–H groups in total. The van der Waals surface area contributed by atoms with Crippen LogP contribution in [0.2, 0.25) is 0 Å². The number of likely N-dealkylation sites (tertiary alicyclic amines) is 1. The second kappa shape index (κ2) is 7.07. The number of hydrogen-bond donors (Lipinski definition) is 1. The molecule has 6 nitrogen and oxygen atoms in total. The van der Waals surface area contributed by atoms with Crippen molar-refractivity contribution in [3.8, 4) is 0 Å². The number of nitrogens with zero attached hydrogens (tertiary/aromatic N) is 1. The Morgan fingerprint density at radius 1 is 1.42 bits per heavy atom. The summed E-state index contributed by atoms with van der Waals surface area (Å²) in [7, 11) is 1.54. The second-order valence-electron chi connectivity index (χ2n) is 5.77. The Hall–Kier alpha value is -0.850. The summed E-state index contributed by atoms with van der Waals surface area (Å²) in [4.78, 5) is 13.6. The number of amides is 1. The van der Waals surface area contributed by atoms with Gasteiger partial charge in [-0.3, -0.25) is 0 Å². The normalized spacial score (nSPS) is 24.4. The van der Waals surface area contributed by atoms with Gasteiger partial charge < -0.3 is 24.2 Å². The van der Waals surface area contributed by atoms with Crippen LogP contribution in [0.3, 0.4) is 0 Å². The van der Waals surface area contributed by atoms with E-state index in [1.165, 1.54) is 0 Å². The first-order valence-corrected chi connectivity index (χ1v) is 6.56. The number of rotatable bonds is 4. The van der Waals surface area contributed by atoms with Crippen LogP contribution >= 0.6 is 0 Å². The number of aliphatic hydroxyl groups is 1. The van der Waals surface area contributed by atoms with Gasteiger partial charge in [-0.1, -0.05) is 0 Å². The molecule has 2 atom stereocenters. The van der Waals surface area contributed by atoms with Gasteiger partial charge in [0.15, 0.2) is 0 Å². The van der Waals surface area contributed by atoms with E-state index in [-0.39, 0.29) is 31.5 Å². The van der Waals surface area contributed by atoms with E-state index in [0.717, 1.165) is 0 Å². The average molecular weight is 275 g/mol. The van der Waals surface area contributed by atoms with E-state index >= 15 is 0 Å². The van der Waals surface area contributed by atoms with Crippen LogP contribution < -0.4 is 0 Å². The minimum atomic E-state index is -0.506. The van der Waals surface area contributed by atoms with Crippen LogP contribution in [0, 0.1) is 5.92 Å². The molecule has 1 aliphatic heterocycles. The van der Waals surface area contributed by atoms with Gasteiger partial charge in [0.1, 0.15) is 12.4 Å². The minimum absolute atomic E-state index is 0.0360. The number of hydrogen-bond acceptors (Lipinski definition) is 5. The summed E-state index contributed by atoms with van der Waals surface area (Å²) in [6, 6.07) is 0. The third-order valence-electron chi connectivity index (χ3n) is 2.98. The number of piperidine rings is 1. The van der Waals surface area contributed by atoms with Gasteiger partial charge in [-0.2, -0.15) is 0 Å². The van der Waals surface area contributed by atoms with Crippen LogP contribution in [0.1, 0.15) is 27.2 Å². The molecule has 2 unspecified atom stereocenters. The molecule has 0 spiro atoms. The summed E-state index contributed by atoms with van der Waals surface area (Å²) in [5.74, 6) is 0.0360. The van der Waals surface area contributed by atoms with Gasteiger partial charge in [-0.05, 0) is 27.2 Å². The van der Waals surface area contributed by atoms with Gasteiger partial charge in [0.2, 0.25) is 0 Å². The van der Waals surface area contributed by atoms with Crippen molar-refractivity contribution in [1.29, 1.82) is 0 Å². The molecule has 1 heterocycles. The number of methoxy groups -OCH3 is 1. The zero-order valence-electron chi connectivity index (χ0n) is 12.2. The highest BCUT2D eigenvalue weighted by Gasteiger charge is 2.33. The highest BCUT2D eigenvalue weighted by atomic mass is 16.7.